The number of nitriles is 1. The second kappa shape index (κ2) is 7.59. The zero-order valence-corrected chi connectivity index (χ0v) is 14.0. The lowest BCUT2D eigenvalue weighted by Gasteiger charge is -2.15. The molecule has 0 fully saturated rings. The Kier molecular flexibility index (Phi) is 5.53. The van der Waals surface area contributed by atoms with Crippen LogP contribution in [0.1, 0.15) is 47.7 Å². The minimum atomic E-state index is 0.293. The maximum absolute atomic E-state index is 8.99. The Balaban J connectivity index is 2.33. The molecule has 5 nitrogen and oxygen atoms in total. The maximum atomic E-state index is 8.99. The number of unbranched alkanes of at least 4 members (excludes halogenated alkanes) is 1. The number of nitrogens with two attached hydrogens (primary N) is 1. The van der Waals surface area contributed by atoms with Crippen LogP contribution in [0.5, 0.6) is 0 Å². The van der Waals surface area contributed by atoms with Crippen molar-refractivity contribution in [2.75, 3.05) is 17.6 Å². The SMILES string of the molecule is CCCCNc1nc(N)nc(C)c1Cc1ccc(C#N)cc1C. The summed E-state index contributed by atoms with van der Waals surface area (Å²) in [4.78, 5) is 8.66. The highest BCUT2D eigenvalue weighted by Gasteiger charge is 2.12. The van der Waals surface area contributed by atoms with Crippen LogP contribution in [0.2, 0.25) is 0 Å². The molecule has 0 saturated carbocycles. The fraction of sp³-hybridized carbons (Fsp3) is 0.389. The molecular formula is C18H23N5. The van der Waals surface area contributed by atoms with Gasteiger partial charge in [0, 0.05) is 24.2 Å². The zero-order valence-electron chi connectivity index (χ0n) is 14.0. The molecule has 0 bridgehead atoms. The number of aromatic nitrogens is 2. The first kappa shape index (κ1) is 16.8. The van der Waals surface area contributed by atoms with Crippen molar-refractivity contribution in [2.24, 2.45) is 0 Å². The predicted molar refractivity (Wildman–Crippen MR) is 93.3 cm³/mol. The van der Waals surface area contributed by atoms with E-state index < -0.39 is 0 Å². The lowest BCUT2D eigenvalue weighted by molar-refractivity contribution is 0.827. The van der Waals surface area contributed by atoms with E-state index in [1.165, 1.54) is 5.56 Å². The number of anilines is 2. The topological polar surface area (TPSA) is 87.6 Å². The van der Waals surface area contributed by atoms with E-state index >= 15 is 0 Å². The highest BCUT2D eigenvalue weighted by molar-refractivity contribution is 5.52. The summed E-state index contributed by atoms with van der Waals surface area (Å²) >= 11 is 0. The molecule has 0 aliphatic carbocycles. The van der Waals surface area contributed by atoms with Gasteiger partial charge < -0.3 is 11.1 Å². The lowest BCUT2D eigenvalue weighted by Crippen LogP contribution is -2.11. The third kappa shape index (κ3) is 4.19. The molecule has 0 spiro atoms. The summed E-state index contributed by atoms with van der Waals surface area (Å²) in [6, 6.07) is 7.93. The van der Waals surface area contributed by atoms with E-state index in [-0.39, 0.29) is 0 Å². The van der Waals surface area contributed by atoms with Crippen molar-refractivity contribution >= 4 is 11.8 Å². The molecule has 2 rings (SSSR count). The highest BCUT2D eigenvalue weighted by atomic mass is 15.1. The minimum absolute atomic E-state index is 0.293. The Labute approximate surface area is 137 Å². The maximum Gasteiger partial charge on any atom is 0.222 e. The average Bonchev–Trinajstić information content (AvgIpc) is 2.52. The van der Waals surface area contributed by atoms with Gasteiger partial charge in [0.1, 0.15) is 5.82 Å². The summed E-state index contributed by atoms with van der Waals surface area (Å²) in [5.41, 5.74) is 10.7. The van der Waals surface area contributed by atoms with Crippen molar-refractivity contribution < 1.29 is 0 Å². The van der Waals surface area contributed by atoms with Crippen molar-refractivity contribution in [1.82, 2.24) is 9.97 Å². The smallest absolute Gasteiger partial charge is 0.222 e. The first-order chi connectivity index (χ1) is 11.0. The van der Waals surface area contributed by atoms with Gasteiger partial charge in [0.2, 0.25) is 5.95 Å². The monoisotopic (exact) mass is 309 g/mol. The number of hydrogen-bond donors (Lipinski definition) is 2. The standard InChI is InChI=1S/C18H23N5/c1-4-5-8-21-17-16(13(3)22-18(20)23-17)10-15-7-6-14(11-19)9-12(15)2/h6-7,9H,4-5,8,10H2,1-3H3,(H3,20,21,22,23). The normalized spacial score (nSPS) is 10.3. The second-order valence-electron chi connectivity index (χ2n) is 5.70. The molecule has 3 N–H and O–H groups in total. The molecular weight excluding hydrogens is 286 g/mol. The highest BCUT2D eigenvalue weighted by Crippen LogP contribution is 2.23. The van der Waals surface area contributed by atoms with E-state index in [9.17, 15) is 0 Å². The summed E-state index contributed by atoms with van der Waals surface area (Å²) in [5.74, 6) is 1.11. The van der Waals surface area contributed by atoms with Crippen LogP contribution in [0.4, 0.5) is 11.8 Å². The van der Waals surface area contributed by atoms with Gasteiger partial charge in [0.15, 0.2) is 0 Å². The summed E-state index contributed by atoms with van der Waals surface area (Å²) in [7, 11) is 0. The average molecular weight is 309 g/mol. The fourth-order valence-electron chi connectivity index (χ4n) is 2.51. The minimum Gasteiger partial charge on any atom is -0.370 e. The summed E-state index contributed by atoms with van der Waals surface area (Å²) in [5, 5.41) is 12.4. The van der Waals surface area contributed by atoms with Crippen molar-refractivity contribution in [3.63, 3.8) is 0 Å². The number of aryl methyl sites for hydroxylation is 2. The molecule has 0 radical (unpaired) electrons. The Bertz CT molecular complexity index is 731. The summed E-state index contributed by atoms with van der Waals surface area (Å²) < 4.78 is 0. The molecule has 5 heteroatoms. The van der Waals surface area contributed by atoms with E-state index in [0.29, 0.717) is 11.5 Å². The Morgan fingerprint density at radius 1 is 1.26 bits per heavy atom. The number of nitrogens with one attached hydrogen (secondary N) is 1. The van der Waals surface area contributed by atoms with Crippen molar-refractivity contribution in [1.29, 1.82) is 5.26 Å². The lowest BCUT2D eigenvalue weighted by atomic mass is 9.98. The molecule has 0 aliphatic heterocycles. The van der Waals surface area contributed by atoms with Crippen LogP contribution in [-0.4, -0.2) is 16.5 Å². The summed E-state index contributed by atoms with van der Waals surface area (Å²) in [6.07, 6.45) is 2.92. The van der Waals surface area contributed by atoms with Gasteiger partial charge in [-0.1, -0.05) is 19.4 Å². The van der Waals surface area contributed by atoms with Crippen LogP contribution in [0.25, 0.3) is 0 Å². The molecule has 120 valence electrons. The van der Waals surface area contributed by atoms with Crippen molar-refractivity contribution in [3.05, 3.63) is 46.1 Å². The van der Waals surface area contributed by atoms with Gasteiger partial charge in [0.05, 0.1) is 11.6 Å². The molecule has 1 aromatic carbocycles. The van der Waals surface area contributed by atoms with Gasteiger partial charge in [-0.25, -0.2) is 4.98 Å². The van der Waals surface area contributed by atoms with Gasteiger partial charge in [-0.3, -0.25) is 0 Å². The zero-order chi connectivity index (χ0) is 16.8. The first-order valence-corrected chi connectivity index (χ1v) is 7.91. The van der Waals surface area contributed by atoms with Crippen LogP contribution in [0.15, 0.2) is 18.2 Å². The molecule has 1 heterocycles. The van der Waals surface area contributed by atoms with E-state index in [1.807, 2.05) is 32.0 Å². The van der Waals surface area contributed by atoms with Gasteiger partial charge in [-0.05, 0) is 43.5 Å². The molecule has 0 unspecified atom stereocenters. The molecule has 0 amide bonds. The van der Waals surface area contributed by atoms with Gasteiger partial charge >= 0.3 is 0 Å². The second-order valence-corrected chi connectivity index (χ2v) is 5.70. The number of benzene rings is 1. The van der Waals surface area contributed by atoms with Gasteiger partial charge in [0.25, 0.3) is 0 Å². The van der Waals surface area contributed by atoms with Crippen molar-refractivity contribution in [3.8, 4) is 6.07 Å². The predicted octanol–water partition coefficient (Wildman–Crippen LogP) is 3.35. The number of hydrogen-bond acceptors (Lipinski definition) is 5. The number of nitrogens with zero attached hydrogens (tertiary/aromatic N) is 3. The van der Waals surface area contributed by atoms with E-state index in [4.69, 9.17) is 11.0 Å². The van der Waals surface area contributed by atoms with Gasteiger partial charge in [-0.2, -0.15) is 10.2 Å². The van der Waals surface area contributed by atoms with E-state index in [1.54, 1.807) is 0 Å². The molecule has 0 atom stereocenters. The Morgan fingerprint density at radius 2 is 2.04 bits per heavy atom. The Morgan fingerprint density at radius 3 is 2.70 bits per heavy atom. The first-order valence-electron chi connectivity index (χ1n) is 7.91. The van der Waals surface area contributed by atoms with E-state index in [2.05, 4.69) is 28.3 Å². The quantitative estimate of drug-likeness (QED) is 0.799. The number of nitrogen functional groups attached to an aromatic ring is 1. The molecule has 23 heavy (non-hydrogen) atoms. The van der Waals surface area contributed by atoms with Crippen LogP contribution in [0.3, 0.4) is 0 Å². The van der Waals surface area contributed by atoms with Gasteiger partial charge in [-0.15, -0.1) is 0 Å². The molecule has 2 aromatic rings. The number of rotatable bonds is 6. The largest absolute Gasteiger partial charge is 0.370 e. The van der Waals surface area contributed by atoms with Crippen LogP contribution >= 0.6 is 0 Å². The van der Waals surface area contributed by atoms with Crippen LogP contribution in [0, 0.1) is 25.2 Å². The molecule has 1 aromatic heterocycles. The third-order valence-corrected chi connectivity index (χ3v) is 3.89. The Hall–Kier alpha value is -2.61. The van der Waals surface area contributed by atoms with Crippen LogP contribution in [-0.2, 0) is 6.42 Å². The van der Waals surface area contributed by atoms with Crippen molar-refractivity contribution in [2.45, 2.75) is 40.0 Å². The summed E-state index contributed by atoms with van der Waals surface area (Å²) in [6.45, 7) is 7.00. The van der Waals surface area contributed by atoms with Crippen LogP contribution < -0.4 is 11.1 Å². The molecule has 0 aliphatic rings. The molecule has 0 saturated heterocycles. The third-order valence-electron chi connectivity index (χ3n) is 3.89. The van der Waals surface area contributed by atoms with E-state index in [0.717, 1.165) is 48.4 Å². The fourth-order valence-corrected chi connectivity index (χ4v) is 2.51.